The molecule has 0 spiro atoms. The zero-order valence-corrected chi connectivity index (χ0v) is 11.1. The Morgan fingerprint density at radius 2 is 1.95 bits per heavy atom. The van der Waals surface area contributed by atoms with E-state index in [9.17, 15) is 23.9 Å². The summed E-state index contributed by atoms with van der Waals surface area (Å²) in [6.07, 6.45) is -1.75. The summed E-state index contributed by atoms with van der Waals surface area (Å²) in [6, 6.07) is -1.11. The Kier molecular flexibility index (Phi) is 3.88. The summed E-state index contributed by atoms with van der Waals surface area (Å²) in [5.41, 5.74) is -2.68. The van der Waals surface area contributed by atoms with Crippen molar-refractivity contribution in [2.45, 2.75) is 33.2 Å². The summed E-state index contributed by atoms with van der Waals surface area (Å²) < 4.78 is 13.0. The molecule has 0 radical (unpaired) electrons. The molecular weight excluding hydrogens is 257 g/mol. The van der Waals surface area contributed by atoms with Crippen LogP contribution in [0.2, 0.25) is 0 Å². The molecule has 1 heterocycles. The van der Waals surface area contributed by atoms with E-state index < -0.39 is 47.9 Å². The van der Waals surface area contributed by atoms with Crippen LogP contribution in [0.3, 0.4) is 0 Å². The van der Waals surface area contributed by atoms with E-state index >= 15 is 0 Å². The van der Waals surface area contributed by atoms with Gasteiger partial charge >= 0.3 is 12.1 Å². The van der Waals surface area contributed by atoms with Crippen molar-refractivity contribution in [3.05, 3.63) is 0 Å². The summed E-state index contributed by atoms with van der Waals surface area (Å²) in [5, 5.41) is 18.4. The van der Waals surface area contributed by atoms with E-state index in [4.69, 9.17) is 5.11 Å². The SMILES string of the molecule is CC(C)(C)C1(C(=O)O)C[C@@H](CF)N(C(=O)O)CC1=O. The van der Waals surface area contributed by atoms with Crippen LogP contribution in [0.1, 0.15) is 27.2 Å². The smallest absolute Gasteiger partial charge is 0.408 e. The van der Waals surface area contributed by atoms with Gasteiger partial charge in [0.05, 0.1) is 12.6 Å². The van der Waals surface area contributed by atoms with Crippen molar-refractivity contribution in [2.75, 3.05) is 13.2 Å². The molecular formula is C12H18FNO5. The fourth-order valence-electron chi connectivity index (χ4n) is 2.61. The Hall–Kier alpha value is -1.66. The third kappa shape index (κ3) is 2.29. The molecule has 0 bridgehead atoms. The van der Waals surface area contributed by atoms with Crippen LogP contribution in [-0.4, -0.2) is 52.2 Å². The lowest BCUT2D eigenvalue weighted by Crippen LogP contribution is -2.62. The monoisotopic (exact) mass is 275 g/mol. The molecule has 1 aliphatic heterocycles. The van der Waals surface area contributed by atoms with Gasteiger partial charge in [-0.25, -0.2) is 9.18 Å². The summed E-state index contributed by atoms with van der Waals surface area (Å²) in [7, 11) is 0. The van der Waals surface area contributed by atoms with E-state index in [0.29, 0.717) is 4.90 Å². The van der Waals surface area contributed by atoms with Gasteiger partial charge in [0.25, 0.3) is 0 Å². The molecule has 2 atom stereocenters. The fraction of sp³-hybridized carbons (Fsp3) is 0.750. The minimum absolute atomic E-state index is 0.340. The predicted octanol–water partition coefficient (Wildman–Crippen LogP) is 1.39. The molecule has 1 fully saturated rings. The van der Waals surface area contributed by atoms with Crippen molar-refractivity contribution < 1.29 is 29.0 Å². The molecule has 0 aromatic rings. The van der Waals surface area contributed by atoms with Crippen molar-refractivity contribution in [1.29, 1.82) is 0 Å². The Bertz CT molecular complexity index is 417. The number of amides is 1. The van der Waals surface area contributed by atoms with Crippen LogP contribution in [0.15, 0.2) is 0 Å². The first-order valence-electron chi connectivity index (χ1n) is 5.90. The zero-order valence-electron chi connectivity index (χ0n) is 11.1. The molecule has 108 valence electrons. The first kappa shape index (κ1) is 15.4. The topological polar surface area (TPSA) is 94.9 Å². The fourth-order valence-corrected chi connectivity index (χ4v) is 2.61. The van der Waals surface area contributed by atoms with Gasteiger partial charge in [0.2, 0.25) is 0 Å². The third-order valence-corrected chi connectivity index (χ3v) is 3.84. The average molecular weight is 275 g/mol. The molecule has 1 amide bonds. The molecule has 2 N–H and O–H groups in total. The summed E-state index contributed by atoms with van der Waals surface area (Å²) >= 11 is 0. The number of likely N-dealkylation sites (tertiary alicyclic amines) is 1. The Morgan fingerprint density at radius 1 is 1.42 bits per heavy atom. The normalized spacial score (nSPS) is 28.3. The Balaban J connectivity index is 3.27. The van der Waals surface area contributed by atoms with Crippen LogP contribution in [0.4, 0.5) is 9.18 Å². The molecule has 0 aliphatic carbocycles. The largest absolute Gasteiger partial charge is 0.480 e. The van der Waals surface area contributed by atoms with Gasteiger partial charge < -0.3 is 10.2 Å². The Labute approximate surface area is 110 Å². The predicted molar refractivity (Wildman–Crippen MR) is 63.6 cm³/mol. The van der Waals surface area contributed by atoms with Crippen LogP contribution < -0.4 is 0 Å². The van der Waals surface area contributed by atoms with Gasteiger partial charge in [0.15, 0.2) is 5.78 Å². The lowest BCUT2D eigenvalue weighted by Gasteiger charge is -2.47. The molecule has 1 rings (SSSR count). The number of rotatable bonds is 2. The molecule has 0 aromatic carbocycles. The summed E-state index contributed by atoms with van der Waals surface area (Å²) in [4.78, 5) is 35.4. The third-order valence-electron chi connectivity index (χ3n) is 3.84. The number of carboxylic acid groups (broad SMARTS) is 2. The minimum atomic E-state index is -1.75. The number of carbonyl (C=O) groups excluding carboxylic acids is 1. The number of carboxylic acids is 1. The van der Waals surface area contributed by atoms with Crippen LogP contribution in [-0.2, 0) is 9.59 Å². The maximum atomic E-state index is 13.0. The number of hydrogen-bond acceptors (Lipinski definition) is 3. The van der Waals surface area contributed by atoms with E-state index in [1.54, 1.807) is 20.8 Å². The van der Waals surface area contributed by atoms with Crippen LogP contribution in [0, 0.1) is 10.8 Å². The van der Waals surface area contributed by atoms with E-state index in [-0.39, 0.29) is 6.42 Å². The van der Waals surface area contributed by atoms with E-state index in [0.717, 1.165) is 0 Å². The van der Waals surface area contributed by atoms with Gasteiger partial charge in [-0.15, -0.1) is 0 Å². The molecule has 1 unspecified atom stereocenters. The van der Waals surface area contributed by atoms with Crippen LogP contribution in [0.5, 0.6) is 0 Å². The van der Waals surface area contributed by atoms with Crippen molar-refractivity contribution in [1.82, 2.24) is 4.90 Å². The van der Waals surface area contributed by atoms with Crippen molar-refractivity contribution >= 4 is 17.8 Å². The first-order chi connectivity index (χ1) is 8.57. The first-order valence-corrected chi connectivity index (χ1v) is 5.90. The van der Waals surface area contributed by atoms with E-state index in [1.165, 1.54) is 0 Å². The summed E-state index contributed by atoms with van der Waals surface area (Å²) in [6.45, 7) is 3.17. The number of hydrogen-bond donors (Lipinski definition) is 2. The molecule has 1 aliphatic rings. The molecule has 0 saturated carbocycles. The highest BCUT2D eigenvalue weighted by molar-refractivity contribution is 6.06. The second-order valence-corrected chi connectivity index (χ2v) is 5.81. The number of nitrogens with zero attached hydrogens (tertiary/aromatic N) is 1. The summed E-state index contributed by atoms with van der Waals surface area (Å²) in [5.74, 6) is -2.02. The number of piperidine rings is 1. The van der Waals surface area contributed by atoms with E-state index in [1.807, 2.05) is 0 Å². The van der Waals surface area contributed by atoms with Gasteiger partial charge in [-0.2, -0.15) is 0 Å². The highest BCUT2D eigenvalue weighted by atomic mass is 19.1. The number of aliphatic carboxylic acids is 1. The Morgan fingerprint density at radius 3 is 2.26 bits per heavy atom. The molecule has 0 aromatic heterocycles. The lowest BCUT2D eigenvalue weighted by atomic mass is 9.59. The van der Waals surface area contributed by atoms with Crippen LogP contribution >= 0.6 is 0 Å². The maximum Gasteiger partial charge on any atom is 0.408 e. The van der Waals surface area contributed by atoms with Gasteiger partial charge in [0, 0.05) is 0 Å². The second kappa shape index (κ2) is 4.79. The van der Waals surface area contributed by atoms with Gasteiger partial charge in [-0.1, -0.05) is 20.8 Å². The second-order valence-electron chi connectivity index (χ2n) is 5.81. The van der Waals surface area contributed by atoms with Crippen molar-refractivity contribution in [3.63, 3.8) is 0 Å². The molecule has 1 saturated heterocycles. The van der Waals surface area contributed by atoms with Crippen molar-refractivity contribution in [2.24, 2.45) is 10.8 Å². The standard InChI is InChI=1S/C12H18FNO5/c1-11(2,3)12(9(16)17)4-7(5-13)14(10(18)19)6-8(12)15/h7H,4-6H2,1-3H3,(H,16,17)(H,18,19)/t7-,12?/m0/s1. The lowest BCUT2D eigenvalue weighted by molar-refractivity contribution is -0.169. The zero-order chi connectivity index (χ0) is 15.0. The number of Topliss-reactive ketones (excluding diaryl/α,β-unsaturated/α-hetero) is 1. The number of alkyl halides is 1. The maximum absolute atomic E-state index is 13.0. The average Bonchev–Trinajstić information content (AvgIpc) is 2.26. The van der Waals surface area contributed by atoms with Gasteiger partial charge in [-0.3, -0.25) is 14.5 Å². The van der Waals surface area contributed by atoms with E-state index in [2.05, 4.69) is 0 Å². The van der Waals surface area contributed by atoms with Gasteiger partial charge in [-0.05, 0) is 11.8 Å². The van der Waals surface area contributed by atoms with Crippen molar-refractivity contribution in [3.8, 4) is 0 Å². The van der Waals surface area contributed by atoms with Gasteiger partial charge in [0.1, 0.15) is 12.1 Å². The number of halogens is 1. The quantitative estimate of drug-likeness (QED) is 0.743. The minimum Gasteiger partial charge on any atom is -0.480 e. The van der Waals surface area contributed by atoms with Crippen LogP contribution in [0.25, 0.3) is 0 Å². The number of ketones is 1. The highest BCUT2D eigenvalue weighted by Gasteiger charge is 2.59. The highest BCUT2D eigenvalue weighted by Crippen LogP contribution is 2.47. The molecule has 19 heavy (non-hydrogen) atoms. The molecule has 7 heteroatoms. The number of carbonyl (C=O) groups is 3. The molecule has 6 nitrogen and oxygen atoms in total.